The minimum atomic E-state index is -1.14. The van der Waals surface area contributed by atoms with Gasteiger partial charge in [-0.15, -0.1) is 0 Å². The van der Waals surface area contributed by atoms with Gasteiger partial charge in [-0.2, -0.15) is 0 Å². The molecule has 6 heteroatoms. The standard InChI is InChI=1S/C26H30FNO4/c1-2-18-17-28(14-13-22(29)15-23(30)16-24(31)32)26(20-9-6-10-21(27)12-11-20)25(18)19-7-4-3-5-8-19/h3-12,17,21-23,29-30H,2,13-16H2,1H3,(H,31,32). The Morgan fingerprint density at radius 2 is 1.91 bits per heavy atom. The molecule has 0 fully saturated rings. The topological polar surface area (TPSA) is 82.7 Å². The number of carboxylic acid groups (broad SMARTS) is 1. The second-order valence-electron chi connectivity index (χ2n) is 8.03. The van der Waals surface area contributed by atoms with Crippen LogP contribution in [0.1, 0.15) is 37.4 Å². The molecular formula is C26H30FNO4. The van der Waals surface area contributed by atoms with Crippen molar-refractivity contribution in [3.05, 3.63) is 78.2 Å². The summed E-state index contributed by atoms with van der Waals surface area (Å²) in [6, 6.07) is 10.0. The second kappa shape index (κ2) is 11.1. The van der Waals surface area contributed by atoms with Crippen LogP contribution >= 0.6 is 0 Å². The van der Waals surface area contributed by atoms with E-state index in [1.807, 2.05) is 36.4 Å². The third-order valence-electron chi connectivity index (χ3n) is 5.56. The van der Waals surface area contributed by atoms with E-state index >= 15 is 0 Å². The summed E-state index contributed by atoms with van der Waals surface area (Å²) in [5, 5.41) is 29.0. The van der Waals surface area contributed by atoms with Gasteiger partial charge in [-0.1, -0.05) is 55.5 Å². The largest absolute Gasteiger partial charge is 0.481 e. The van der Waals surface area contributed by atoms with Crippen LogP contribution in [0.5, 0.6) is 0 Å². The maximum Gasteiger partial charge on any atom is 0.305 e. The third kappa shape index (κ3) is 6.05. The second-order valence-corrected chi connectivity index (χ2v) is 8.03. The van der Waals surface area contributed by atoms with Crippen LogP contribution in [0.2, 0.25) is 0 Å². The number of hydrogen-bond donors (Lipinski definition) is 3. The number of benzene rings is 1. The van der Waals surface area contributed by atoms with Gasteiger partial charge in [0.2, 0.25) is 0 Å². The zero-order chi connectivity index (χ0) is 23.1. The van der Waals surface area contributed by atoms with Crippen molar-refractivity contribution in [2.75, 3.05) is 0 Å². The summed E-state index contributed by atoms with van der Waals surface area (Å²) in [6.45, 7) is 2.56. The number of carbonyl (C=O) groups is 1. The molecule has 3 atom stereocenters. The molecule has 3 rings (SSSR count). The lowest BCUT2D eigenvalue weighted by molar-refractivity contribution is -0.139. The predicted molar refractivity (Wildman–Crippen MR) is 124 cm³/mol. The van der Waals surface area contributed by atoms with E-state index < -0.39 is 30.8 Å². The Morgan fingerprint density at radius 1 is 1.16 bits per heavy atom. The number of aromatic nitrogens is 1. The number of aliphatic hydroxyl groups is 2. The summed E-state index contributed by atoms with van der Waals surface area (Å²) in [6.07, 6.45) is 8.18. The Bertz CT molecular complexity index is 1010. The highest BCUT2D eigenvalue weighted by Crippen LogP contribution is 2.36. The molecule has 0 bridgehead atoms. The number of aryl methyl sites for hydroxylation is 2. The predicted octanol–water partition coefficient (Wildman–Crippen LogP) is 4.54. The van der Waals surface area contributed by atoms with Gasteiger partial charge in [0.05, 0.1) is 24.3 Å². The monoisotopic (exact) mass is 439 g/mol. The lowest BCUT2D eigenvalue weighted by Gasteiger charge is -2.17. The Labute approximate surface area is 187 Å². The number of allylic oxidation sites excluding steroid dienone is 6. The van der Waals surface area contributed by atoms with Gasteiger partial charge in [0.1, 0.15) is 6.17 Å². The summed E-state index contributed by atoms with van der Waals surface area (Å²) in [5.74, 6) is -1.09. The van der Waals surface area contributed by atoms with E-state index in [0.29, 0.717) is 13.0 Å². The molecule has 0 amide bonds. The van der Waals surface area contributed by atoms with Gasteiger partial charge < -0.3 is 19.9 Å². The molecule has 1 aromatic carbocycles. The van der Waals surface area contributed by atoms with Gasteiger partial charge in [-0.05, 0) is 48.1 Å². The summed E-state index contributed by atoms with van der Waals surface area (Å²) >= 11 is 0. The van der Waals surface area contributed by atoms with Crippen LogP contribution in [-0.2, 0) is 17.8 Å². The zero-order valence-corrected chi connectivity index (χ0v) is 18.2. The molecule has 0 radical (unpaired) electrons. The lowest BCUT2D eigenvalue weighted by atomic mass is 9.96. The van der Waals surface area contributed by atoms with Crippen molar-refractivity contribution in [3.63, 3.8) is 0 Å². The van der Waals surface area contributed by atoms with E-state index in [2.05, 4.69) is 17.7 Å². The molecule has 0 saturated carbocycles. The van der Waals surface area contributed by atoms with Crippen LogP contribution in [0.4, 0.5) is 4.39 Å². The number of halogens is 1. The van der Waals surface area contributed by atoms with Crippen molar-refractivity contribution in [1.29, 1.82) is 0 Å². The molecule has 3 unspecified atom stereocenters. The number of hydrogen-bond acceptors (Lipinski definition) is 3. The first kappa shape index (κ1) is 23.7. The number of aliphatic carboxylic acids is 1. The van der Waals surface area contributed by atoms with E-state index in [-0.39, 0.29) is 6.42 Å². The Balaban J connectivity index is 1.94. The minimum Gasteiger partial charge on any atom is -0.481 e. The third-order valence-corrected chi connectivity index (χ3v) is 5.56. The Kier molecular flexibility index (Phi) is 8.20. The van der Waals surface area contributed by atoms with Crippen molar-refractivity contribution in [1.82, 2.24) is 4.57 Å². The lowest BCUT2D eigenvalue weighted by Crippen LogP contribution is -2.22. The van der Waals surface area contributed by atoms with Crippen molar-refractivity contribution >= 4 is 11.5 Å². The Hall–Kier alpha value is -2.96. The molecular weight excluding hydrogens is 409 g/mol. The van der Waals surface area contributed by atoms with Crippen LogP contribution < -0.4 is 0 Å². The van der Waals surface area contributed by atoms with Gasteiger partial charge in [0.15, 0.2) is 0 Å². The molecule has 1 heterocycles. The fourth-order valence-corrected chi connectivity index (χ4v) is 4.04. The van der Waals surface area contributed by atoms with Gasteiger partial charge >= 0.3 is 5.97 Å². The fourth-order valence-electron chi connectivity index (χ4n) is 4.04. The molecule has 2 aromatic rings. The van der Waals surface area contributed by atoms with Crippen LogP contribution in [0.15, 0.2) is 66.9 Å². The molecule has 1 aliphatic rings. The smallest absolute Gasteiger partial charge is 0.305 e. The highest BCUT2D eigenvalue weighted by atomic mass is 19.1. The van der Waals surface area contributed by atoms with Gasteiger partial charge in [0, 0.05) is 18.3 Å². The van der Waals surface area contributed by atoms with E-state index in [1.165, 1.54) is 12.2 Å². The number of aliphatic hydroxyl groups excluding tert-OH is 2. The van der Waals surface area contributed by atoms with Crippen molar-refractivity contribution < 1.29 is 24.5 Å². The molecule has 0 spiro atoms. The summed E-state index contributed by atoms with van der Waals surface area (Å²) in [7, 11) is 0. The number of alkyl halides is 1. The first-order valence-corrected chi connectivity index (χ1v) is 11.0. The van der Waals surface area contributed by atoms with Gasteiger partial charge in [0.25, 0.3) is 0 Å². The van der Waals surface area contributed by atoms with E-state index in [1.54, 1.807) is 12.2 Å². The van der Waals surface area contributed by atoms with E-state index in [0.717, 1.165) is 34.4 Å². The molecule has 1 aliphatic carbocycles. The van der Waals surface area contributed by atoms with Crippen LogP contribution in [0.3, 0.4) is 0 Å². The van der Waals surface area contributed by atoms with Gasteiger partial charge in [-0.3, -0.25) is 4.79 Å². The maximum atomic E-state index is 13.9. The molecule has 0 saturated heterocycles. The van der Waals surface area contributed by atoms with Crippen molar-refractivity contribution in [3.8, 4) is 11.1 Å². The first-order valence-electron chi connectivity index (χ1n) is 11.0. The average Bonchev–Trinajstić information content (AvgIpc) is 2.99. The molecule has 0 aliphatic heterocycles. The van der Waals surface area contributed by atoms with E-state index in [9.17, 15) is 19.4 Å². The van der Waals surface area contributed by atoms with Crippen LogP contribution in [0.25, 0.3) is 16.7 Å². The molecule has 3 N–H and O–H groups in total. The fraction of sp³-hybridized carbons (Fsp3) is 0.346. The molecule has 32 heavy (non-hydrogen) atoms. The van der Waals surface area contributed by atoms with Crippen molar-refractivity contribution in [2.24, 2.45) is 0 Å². The highest BCUT2D eigenvalue weighted by molar-refractivity contribution is 5.87. The normalized spacial score (nSPS) is 17.6. The summed E-state index contributed by atoms with van der Waals surface area (Å²) < 4.78 is 15.9. The zero-order valence-electron chi connectivity index (χ0n) is 18.2. The summed E-state index contributed by atoms with van der Waals surface area (Å²) in [5.41, 5.74) is 5.11. The van der Waals surface area contributed by atoms with Gasteiger partial charge in [-0.25, -0.2) is 4.39 Å². The number of rotatable bonds is 10. The van der Waals surface area contributed by atoms with E-state index in [4.69, 9.17) is 5.11 Å². The maximum absolute atomic E-state index is 13.9. The number of carboxylic acids is 1. The highest BCUT2D eigenvalue weighted by Gasteiger charge is 2.21. The Morgan fingerprint density at radius 3 is 2.59 bits per heavy atom. The molecule has 170 valence electrons. The minimum absolute atomic E-state index is 0.00392. The molecule has 1 aromatic heterocycles. The van der Waals surface area contributed by atoms with Crippen LogP contribution in [-0.4, -0.2) is 44.2 Å². The SMILES string of the molecule is CCc1cn(CCC(O)CC(O)CC(=O)O)c(C2=CC=CC(F)C=C2)c1-c1ccccc1. The number of nitrogens with zero attached hydrogens (tertiary/aromatic N) is 1. The summed E-state index contributed by atoms with van der Waals surface area (Å²) in [4.78, 5) is 10.8. The quantitative estimate of drug-likeness (QED) is 0.508. The molecule has 5 nitrogen and oxygen atoms in total. The van der Waals surface area contributed by atoms with Crippen LogP contribution in [0, 0.1) is 0 Å². The van der Waals surface area contributed by atoms with Crippen molar-refractivity contribution in [2.45, 2.75) is 57.5 Å². The average molecular weight is 440 g/mol. The first-order chi connectivity index (χ1) is 15.4.